The summed E-state index contributed by atoms with van der Waals surface area (Å²) >= 11 is 0. The standard InChI is InChI=1S/C17H25FN2O/c1-3-13-5-4-6-14(8-7-13)20-17-11-15(19-12(2)21)9-10-16(17)18/h9-11,13-14,20H,3-8H2,1-2H3,(H,19,21). The fraction of sp³-hybridized carbons (Fsp3) is 0.588. The highest BCUT2D eigenvalue weighted by atomic mass is 19.1. The maximum absolute atomic E-state index is 13.9. The van der Waals surface area contributed by atoms with Crippen LogP contribution in [0.3, 0.4) is 0 Å². The summed E-state index contributed by atoms with van der Waals surface area (Å²) in [6.45, 7) is 3.70. The third-order valence-electron chi connectivity index (χ3n) is 4.31. The molecule has 0 bridgehead atoms. The third kappa shape index (κ3) is 4.73. The summed E-state index contributed by atoms with van der Waals surface area (Å²) < 4.78 is 13.9. The van der Waals surface area contributed by atoms with Gasteiger partial charge in [-0.2, -0.15) is 0 Å². The van der Waals surface area contributed by atoms with E-state index in [-0.39, 0.29) is 11.7 Å². The molecule has 2 atom stereocenters. The van der Waals surface area contributed by atoms with Gasteiger partial charge >= 0.3 is 0 Å². The van der Waals surface area contributed by atoms with E-state index in [4.69, 9.17) is 0 Å². The van der Waals surface area contributed by atoms with Crippen LogP contribution in [0.5, 0.6) is 0 Å². The fourth-order valence-corrected chi connectivity index (χ4v) is 3.07. The number of carbonyl (C=O) groups is 1. The van der Waals surface area contributed by atoms with Crippen molar-refractivity contribution in [3.05, 3.63) is 24.0 Å². The minimum absolute atomic E-state index is 0.146. The Kier molecular flexibility index (Phi) is 5.59. The molecular formula is C17H25FN2O. The van der Waals surface area contributed by atoms with E-state index in [1.165, 1.54) is 38.7 Å². The number of benzene rings is 1. The van der Waals surface area contributed by atoms with Gasteiger partial charge in [-0.05, 0) is 43.4 Å². The Morgan fingerprint density at radius 2 is 2.10 bits per heavy atom. The quantitative estimate of drug-likeness (QED) is 0.799. The lowest BCUT2D eigenvalue weighted by atomic mass is 9.98. The first-order valence-corrected chi connectivity index (χ1v) is 7.92. The number of hydrogen-bond donors (Lipinski definition) is 2. The van der Waals surface area contributed by atoms with Crippen molar-refractivity contribution >= 4 is 17.3 Å². The number of carbonyl (C=O) groups excluding carboxylic acids is 1. The number of nitrogens with one attached hydrogen (secondary N) is 2. The third-order valence-corrected chi connectivity index (χ3v) is 4.31. The number of hydrogen-bond acceptors (Lipinski definition) is 2. The molecule has 1 aliphatic rings. The molecule has 1 fully saturated rings. The van der Waals surface area contributed by atoms with Crippen molar-refractivity contribution in [2.75, 3.05) is 10.6 Å². The molecule has 2 rings (SSSR count). The highest BCUT2D eigenvalue weighted by molar-refractivity contribution is 5.89. The van der Waals surface area contributed by atoms with E-state index in [0.29, 0.717) is 17.4 Å². The molecule has 0 radical (unpaired) electrons. The molecule has 1 aromatic rings. The van der Waals surface area contributed by atoms with Gasteiger partial charge in [0.25, 0.3) is 0 Å². The van der Waals surface area contributed by atoms with Crippen LogP contribution in [0.2, 0.25) is 0 Å². The average Bonchev–Trinajstić information content (AvgIpc) is 2.67. The first-order chi connectivity index (χ1) is 10.1. The molecule has 2 unspecified atom stereocenters. The molecule has 2 N–H and O–H groups in total. The summed E-state index contributed by atoms with van der Waals surface area (Å²) in [6.07, 6.45) is 7.09. The number of amides is 1. The van der Waals surface area contributed by atoms with Gasteiger partial charge < -0.3 is 10.6 Å². The Morgan fingerprint density at radius 3 is 2.81 bits per heavy atom. The van der Waals surface area contributed by atoms with Crippen LogP contribution >= 0.6 is 0 Å². The Hall–Kier alpha value is -1.58. The molecule has 0 aromatic heterocycles. The van der Waals surface area contributed by atoms with Crippen LogP contribution in [0.25, 0.3) is 0 Å². The normalized spacial score (nSPS) is 22.4. The second kappa shape index (κ2) is 7.43. The first kappa shape index (κ1) is 15.8. The lowest BCUT2D eigenvalue weighted by Crippen LogP contribution is -2.19. The lowest BCUT2D eigenvalue weighted by molar-refractivity contribution is -0.114. The van der Waals surface area contributed by atoms with Gasteiger partial charge in [0, 0.05) is 18.7 Å². The van der Waals surface area contributed by atoms with Crippen molar-refractivity contribution in [2.45, 2.75) is 58.4 Å². The van der Waals surface area contributed by atoms with Crippen molar-refractivity contribution in [3.63, 3.8) is 0 Å². The SMILES string of the molecule is CCC1CCCC(Nc2cc(NC(C)=O)ccc2F)CC1. The van der Waals surface area contributed by atoms with E-state index in [2.05, 4.69) is 17.6 Å². The molecule has 0 saturated heterocycles. The van der Waals surface area contributed by atoms with Crippen LogP contribution in [-0.4, -0.2) is 11.9 Å². The van der Waals surface area contributed by atoms with Gasteiger partial charge in [0.2, 0.25) is 5.91 Å². The van der Waals surface area contributed by atoms with Gasteiger partial charge in [0.05, 0.1) is 5.69 Å². The number of anilines is 2. The van der Waals surface area contributed by atoms with Crippen molar-refractivity contribution in [1.82, 2.24) is 0 Å². The fourth-order valence-electron chi connectivity index (χ4n) is 3.07. The van der Waals surface area contributed by atoms with Gasteiger partial charge in [-0.1, -0.05) is 26.2 Å². The minimum atomic E-state index is -0.264. The lowest BCUT2D eigenvalue weighted by Gasteiger charge is -2.19. The number of halogens is 1. The molecule has 1 aliphatic carbocycles. The summed E-state index contributed by atoms with van der Waals surface area (Å²) in [5.74, 6) is 0.403. The first-order valence-electron chi connectivity index (χ1n) is 7.92. The van der Waals surface area contributed by atoms with Crippen molar-refractivity contribution < 1.29 is 9.18 Å². The van der Waals surface area contributed by atoms with Gasteiger partial charge in [0.15, 0.2) is 0 Å². The molecule has 116 valence electrons. The van der Waals surface area contributed by atoms with E-state index in [0.717, 1.165) is 18.8 Å². The van der Waals surface area contributed by atoms with Crippen LogP contribution in [0, 0.1) is 11.7 Å². The number of rotatable bonds is 4. The minimum Gasteiger partial charge on any atom is -0.380 e. The van der Waals surface area contributed by atoms with E-state index >= 15 is 0 Å². The van der Waals surface area contributed by atoms with Crippen molar-refractivity contribution in [2.24, 2.45) is 5.92 Å². The van der Waals surface area contributed by atoms with Gasteiger partial charge in [0.1, 0.15) is 5.82 Å². The maximum atomic E-state index is 13.9. The van der Waals surface area contributed by atoms with Gasteiger partial charge in [-0.15, -0.1) is 0 Å². The highest BCUT2D eigenvalue weighted by Gasteiger charge is 2.18. The Labute approximate surface area is 126 Å². The van der Waals surface area contributed by atoms with Gasteiger partial charge in [-0.25, -0.2) is 4.39 Å². The van der Waals surface area contributed by atoms with Crippen LogP contribution in [0.15, 0.2) is 18.2 Å². The Morgan fingerprint density at radius 1 is 1.29 bits per heavy atom. The molecule has 0 aliphatic heterocycles. The summed E-state index contributed by atoms with van der Waals surface area (Å²) in [5.41, 5.74) is 1.12. The van der Waals surface area contributed by atoms with E-state index in [9.17, 15) is 9.18 Å². The van der Waals surface area contributed by atoms with Crippen molar-refractivity contribution in [3.8, 4) is 0 Å². The van der Waals surface area contributed by atoms with E-state index < -0.39 is 0 Å². The summed E-state index contributed by atoms with van der Waals surface area (Å²) in [6, 6.07) is 4.99. The molecular weight excluding hydrogens is 267 g/mol. The monoisotopic (exact) mass is 292 g/mol. The zero-order valence-corrected chi connectivity index (χ0v) is 12.9. The second-order valence-corrected chi connectivity index (χ2v) is 6.00. The molecule has 4 heteroatoms. The van der Waals surface area contributed by atoms with Gasteiger partial charge in [-0.3, -0.25) is 4.79 Å². The summed E-state index contributed by atoms with van der Waals surface area (Å²) in [7, 11) is 0. The smallest absolute Gasteiger partial charge is 0.221 e. The van der Waals surface area contributed by atoms with Crippen LogP contribution < -0.4 is 10.6 Å². The summed E-state index contributed by atoms with van der Waals surface area (Å²) in [5, 5.41) is 6.01. The molecule has 3 nitrogen and oxygen atoms in total. The maximum Gasteiger partial charge on any atom is 0.221 e. The second-order valence-electron chi connectivity index (χ2n) is 6.00. The topological polar surface area (TPSA) is 41.1 Å². The predicted octanol–water partition coefficient (Wildman–Crippen LogP) is 4.55. The Balaban J connectivity index is 2.02. The molecule has 0 spiro atoms. The Bertz CT molecular complexity index is 490. The zero-order valence-electron chi connectivity index (χ0n) is 12.9. The molecule has 21 heavy (non-hydrogen) atoms. The molecule has 1 aromatic carbocycles. The van der Waals surface area contributed by atoms with Crippen molar-refractivity contribution in [1.29, 1.82) is 0 Å². The molecule has 0 heterocycles. The van der Waals surface area contributed by atoms with E-state index in [1.807, 2.05) is 0 Å². The molecule has 1 amide bonds. The largest absolute Gasteiger partial charge is 0.380 e. The van der Waals surface area contributed by atoms with Crippen LogP contribution in [0.4, 0.5) is 15.8 Å². The average molecular weight is 292 g/mol. The highest BCUT2D eigenvalue weighted by Crippen LogP contribution is 2.28. The van der Waals surface area contributed by atoms with E-state index in [1.54, 1.807) is 12.1 Å². The summed E-state index contributed by atoms with van der Waals surface area (Å²) in [4.78, 5) is 11.1. The predicted molar refractivity (Wildman–Crippen MR) is 85.0 cm³/mol. The van der Waals surface area contributed by atoms with Crippen LogP contribution in [0.1, 0.15) is 52.4 Å². The van der Waals surface area contributed by atoms with Crippen LogP contribution in [-0.2, 0) is 4.79 Å². The molecule has 1 saturated carbocycles. The zero-order chi connectivity index (χ0) is 15.2.